The molecule has 0 saturated carbocycles. The van der Waals surface area contributed by atoms with Crippen molar-refractivity contribution in [2.24, 2.45) is 0 Å². The molecule has 0 saturated heterocycles. The maximum atomic E-state index is 11.7. The molecule has 1 aliphatic rings. The lowest BCUT2D eigenvalue weighted by Crippen LogP contribution is -2.03. The average Bonchev–Trinajstić information content (AvgIpc) is 2.94. The van der Waals surface area contributed by atoms with Gasteiger partial charge in [-0.2, -0.15) is 0 Å². The molecule has 21 heavy (non-hydrogen) atoms. The molecule has 5 nitrogen and oxygen atoms in total. The third-order valence-corrected chi connectivity index (χ3v) is 2.87. The third-order valence-electron chi connectivity index (χ3n) is 2.87. The highest BCUT2D eigenvalue weighted by Gasteiger charge is 2.14. The first-order chi connectivity index (χ1) is 10.2. The number of carbonyl (C=O) groups is 1. The SMILES string of the molecule is O=C(/C=C/c1ccc(O)cc1)Oc1ccc2c(c1)OCO2. The van der Waals surface area contributed by atoms with Crippen LogP contribution in [0.5, 0.6) is 23.0 Å². The van der Waals surface area contributed by atoms with Crippen LogP contribution in [0.25, 0.3) is 6.08 Å². The van der Waals surface area contributed by atoms with Crippen molar-refractivity contribution in [2.75, 3.05) is 6.79 Å². The van der Waals surface area contributed by atoms with E-state index < -0.39 is 5.97 Å². The first kappa shape index (κ1) is 13.1. The molecule has 0 bridgehead atoms. The second kappa shape index (κ2) is 5.58. The molecule has 0 amide bonds. The molecule has 3 rings (SSSR count). The van der Waals surface area contributed by atoms with Crippen LogP contribution in [0.1, 0.15) is 5.56 Å². The summed E-state index contributed by atoms with van der Waals surface area (Å²) in [5.41, 5.74) is 0.787. The zero-order valence-corrected chi connectivity index (χ0v) is 11.0. The van der Waals surface area contributed by atoms with Crippen LogP contribution in [0.2, 0.25) is 0 Å². The molecule has 0 aliphatic carbocycles. The summed E-state index contributed by atoms with van der Waals surface area (Å²) < 4.78 is 15.6. The standard InChI is InChI=1S/C16H12O5/c17-12-4-1-11(2-5-12)3-8-16(18)21-13-6-7-14-15(9-13)20-10-19-14/h1-9,17H,10H2/b8-3+. The van der Waals surface area contributed by atoms with Gasteiger partial charge in [0.1, 0.15) is 11.5 Å². The lowest BCUT2D eigenvalue weighted by atomic mass is 10.2. The number of esters is 1. The summed E-state index contributed by atoms with van der Waals surface area (Å²) in [7, 11) is 0. The minimum absolute atomic E-state index is 0.174. The zero-order valence-electron chi connectivity index (χ0n) is 11.0. The Labute approximate surface area is 121 Å². The molecule has 0 unspecified atom stereocenters. The number of hydrogen-bond donors (Lipinski definition) is 1. The highest BCUT2D eigenvalue weighted by Crippen LogP contribution is 2.35. The van der Waals surface area contributed by atoms with Crippen molar-refractivity contribution in [1.82, 2.24) is 0 Å². The number of fused-ring (bicyclic) bond motifs is 1. The number of carbonyl (C=O) groups excluding carboxylic acids is 1. The number of phenols is 1. The van der Waals surface area contributed by atoms with E-state index in [2.05, 4.69) is 0 Å². The van der Waals surface area contributed by atoms with Crippen molar-refractivity contribution in [1.29, 1.82) is 0 Å². The summed E-state index contributed by atoms with van der Waals surface area (Å²) in [5, 5.41) is 9.17. The molecule has 0 aromatic heterocycles. The Kier molecular flexibility index (Phi) is 3.47. The summed E-state index contributed by atoms with van der Waals surface area (Å²) in [6.07, 6.45) is 2.92. The van der Waals surface area contributed by atoms with E-state index in [0.717, 1.165) is 5.56 Å². The van der Waals surface area contributed by atoms with E-state index in [-0.39, 0.29) is 12.5 Å². The Bertz CT molecular complexity index is 688. The monoisotopic (exact) mass is 284 g/mol. The summed E-state index contributed by atoms with van der Waals surface area (Å²) in [6.45, 7) is 0.174. The summed E-state index contributed by atoms with van der Waals surface area (Å²) in [4.78, 5) is 11.7. The van der Waals surface area contributed by atoms with Crippen LogP contribution in [-0.2, 0) is 4.79 Å². The fraction of sp³-hybridized carbons (Fsp3) is 0.0625. The molecule has 0 spiro atoms. The van der Waals surface area contributed by atoms with Crippen LogP contribution in [0, 0.1) is 0 Å². The Morgan fingerprint density at radius 1 is 1.10 bits per heavy atom. The Morgan fingerprint density at radius 2 is 1.86 bits per heavy atom. The zero-order chi connectivity index (χ0) is 14.7. The minimum Gasteiger partial charge on any atom is -0.508 e. The first-order valence-electron chi connectivity index (χ1n) is 6.29. The molecule has 5 heteroatoms. The van der Waals surface area contributed by atoms with Gasteiger partial charge >= 0.3 is 5.97 Å². The fourth-order valence-electron chi connectivity index (χ4n) is 1.84. The van der Waals surface area contributed by atoms with Crippen LogP contribution in [0.15, 0.2) is 48.5 Å². The Hall–Kier alpha value is -2.95. The topological polar surface area (TPSA) is 65.0 Å². The molecule has 0 fully saturated rings. The number of aromatic hydroxyl groups is 1. The van der Waals surface area contributed by atoms with Gasteiger partial charge < -0.3 is 19.3 Å². The second-order valence-electron chi connectivity index (χ2n) is 4.36. The fourth-order valence-corrected chi connectivity index (χ4v) is 1.84. The first-order valence-corrected chi connectivity index (χ1v) is 6.29. The summed E-state index contributed by atoms with van der Waals surface area (Å²) >= 11 is 0. The Balaban J connectivity index is 1.65. The van der Waals surface area contributed by atoms with Crippen LogP contribution in [-0.4, -0.2) is 17.9 Å². The van der Waals surface area contributed by atoms with Gasteiger partial charge in [-0.05, 0) is 35.9 Å². The number of rotatable bonds is 3. The van der Waals surface area contributed by atoms with E-state index in [1.54, 1.807) is 48.5 Å². The van der Waals surface area contributed by atoms with Gasteiger partial charge in [0, 0.05) is 12.1 Å². The molecule has 1 heterocycles. The Morgan fingerprint density at radius 3 is 2.67 bits per heavy atom. The van der Waals surface area contributed by atoms with Crippen LogP contribution in [0.4, 0.5) is 0 Å². The van der Waals surface area contributed by atoms with E-state index >= 15 is 0 Å². The van der Waals surface area contributed by atoms with Gasteiger partial charge in [0.05, 0.1) is 0 Å². The predicted octanol–water partition coefficient (Wildman–Crippen LogP) is 2.74. The third kappa shape index (κ3) is 3.14. The van der Waals surface area contributed by atoms with Crippen LogP contribution < -0.4 is 14.2 Å². The molecule has 106 valence electrons. The van der Waals surface area contributed by atoms with Gasteiger partial charge in [-0.25, -0.2) is 4.79 Å². The minimum atomic E-state index is -0.498. The second-order valence-corrected chi connectivity index (χ2v) is 4.36. The molecule has 0 atom stereocenters. The molecular formula is C16H12O5. The van der Waals surface area contributed by atoms with Gasteiger partial charge in [-0.15, -0.1) is 0 Å². The molecule has 1 aliphatic heterocycles. The van der Waals surface area contributed by atoms with Crippen molar-refractivity contribution in [2.45, 2.75) is 0 Å². The van der Waals surface area contributed by atoms with Gasteiger partial charge in [0.25, 0.3) is 0 Å². The smallest absolute Gasteiger partial charge is 0.336 e. The van der Waals surface area contributed by atoms with E-state index in [1.807, 2.05) is 0 Å². The lowest BCUT2D eigenvalue weighted by Gasteiger charge is -2.02. The molecule has 2 aromatic carbocycles. The van der Waals surface area contributed by atoms with Gasteiger partial charge in [0.15, 0.2) is 11.5 Å². The molecule has 0 radical (unpaired) electrons. The van der Waals surface area contributed by atoms with Gasteiger partial charge in [-0.1, -0.05) is 12.1 Å². The largest absolute Gasteiger partial charge is 0.508 e. The van der Waals surface area contributed by atoms with Gasteiger partial charge in [0.2, 0.25) is 6.79 Å². The van der Waals surface area contributed by atoms with Crippen molar-refractivity contribution in [3.8, 4) is 23.0 Å². The van der Waals surface area contributed by atoms with Crippen LogP contribution in [0.3, 0.4) is 0 Å². The summed E-state index contributed by atoms with van der Waals surface area (Å²) in [6, 6.07) is 11.4. The number of hydrogen-bond acceptors (Lipinski definition) is 5. The molecular weight excluding hydrogens is 272 g/mol. The van der Waals surface area contributed by atoms with Crippen molar-refractivity contribution in [3.63, 3.8) is 0 Å². The quantitative estimate of drug-likeness (QED) is 0.533. The summed E-state index contributed by atoms with van der Waals surface area (Å²) in [5.74, 6) is 1.26. The van der Waals surface area contributed by atoms with Crippen molar-refractivity contribution >= 4 is 12.0 Å². The number of benzene rings is 2. The maximum absolute atomic E-state index is 11.7. The normalized spacial score (nSPS) is 12.6. The average molecular weight is 284 g/mol. The van der Waals surface area contributed by atoms with E-state index in [9.17, 15) is 4.79 Å². The highest BCUT2D eigenvalue weighted by molar-refractivity contribution is 5.88. The number of phenolic OH excluding ortho intramolecular Hbond substituents is 1. The van der Waals surface area contributed by atoms with Gasteiger partial charge in [-0.3, -0.25) is 0 Å². The van der Waals surface area contributed by atoms with Crippen LogP contribution >= 0.6 is 0 Å². The maximum Gasteiger partial charge on any atom is 0.336 e. The van der Waals surface area contributed by atoms with E-state index in [0.29, 0.717) is 17.2 Å². The van der Waals surface area contributed by atoms with Crippen molar-refractivity contribution in [3.05, 3.63) is 54.1 Å². The van der Waals surface area contributed by atoms with E-state index in [1.165, 1.54) is 6.08 Å². The molecule has 2 aromatic rings. The van der Waals surface area contributed by atoms with E-state index in [4.69, 9.17) is 19.3 Å². The number of ether oxygens (including phenoxy) is 3. The highest BCUT2D eigenvalue weighted by atomic mass is 16.7. The van der Waals surface area contributed by atoms with Crippen molar-refractivity contribution < 1.29 is 24.1 Å². The molecule has 1 N–H and O–H groups in total. The lowest BCUT2D eigenvalue weighted by molar-refractivity contribution is -0.128. The predicted molar refractivity (Wildman–Crippen MR) is 75.3 cm³/mol.